The molecule has 4 nitrogen and oxygen atoms in total. The minimum absolute atomic E-state index is 0.0591. The Morgan fingerprint density at radius 2 is 1.32 bits per heavy atom. The summed E-state index contributed by atoms with van der Waals surface area (Å²) in [5, 5.41) is 0.903. The number of hydrogen-bond acceptors (Lipinski definition) is 2. The topological polar surface area (TPSA) is 76.0 Å². The Labute approximate surface area is 188 Å². The van der Waals surface area contributed by atoms with Crippen molar-refractivity contribution in [1.29, 1.82) is 0 Å². The van der Waals surface area contributed by atoms with Crippen molar-refractivity contribution in [1.82, 2.24) is 4.98 Å². The molecule has 0 bridgehead atoms. The number of rotatable bonds is 18. The van der Waals surface area contributed by atoms with Crippen LogP contribution in [0.4, 0.5) is 0 Å². The number of fused-ring (bicyclic) bond motifs is 1. The fourth-order valence-electron chi connectivity index (χ4n) is 4.46. The van der Waals surface area contributed by atoms with Crippen LogP contribution < -0.4 is 5.73 Å². The molecule has 4 heteroatoms. The van der Waals surface area contributed by atoms with E-state index >= 15 is 0 Å². The zero-order valence-electron chi connectivity index (χ0n) is 19.5. The molecule has 1 amide bonds. The Balaban J connectivity index is 1.56. The summed E-state index contributed by atoms with van der Waals surface area (Å²) in [7, 11) is 0. The van der Waals surface area contributed by atoms with Gasteiger partial charge in [-0.15, -0.1) is 0 Å². The van der Waals surface area contributed by atoms with Gasteiger partial charge in [-0.3, -0.25) is 9.59 Å². The third-order valence-corrected chi connectivity index (χ3v) is 6.32. The maximum Gasteiger partial charge on any atom is 0.232 e. The molecule has 0 saturated carbocycles. The smallest absolute Gasteiger partial charge is 0.232 e. The van der Waals surface area contributed by atoms with Gasteiger partial charge in [0.2, 0.25) is 5.91 Å². The van der Waals surface area contributed by atoms with Gasteiger partial charge in [-0.05, 0) is 18.1 Å². The van der Waals surface area contributed by atoms with Crippen molar-refractivity contribution in [2.75, 3.05) is 0 Å². The van der Waals surface area contributed by atoms with Gasteiger partial charge < -0.3 is 10.7 Å². The fraction of sp³-hybridized carbons (Fsp3) is 0.630. The molecular weight excluding hydrogens is 384 g/mol. The predicted octanol–water partition coefficient (Wildman–Crippen LogP) is 7.18. The number of ketones is 1. The number of carbonyl (C=O) groups is 2. The first-order valence-electron chi connectivity index (χ1n) is 12.5. The Morgan fingerprint density at radius 1 is 0.806 bits per heavy atom. The number of nitrogens with one attached hydrogen (secondary N) is 1. The monoisotopic (exact) mass is 426 g/mol. The number of Topliss-reactive ketones (excluding diaryl/α,β-unsaturated/α-hetero) is 1. The summed E-state index contributed by atoms with van der Waals surface area (Å²) in [6.07, 6.45) is 20.1. The molecule has 1 unspecified atom stereocenters. The first-order chi connectivity index (χ1) is 15.1. The minimum Gasteiger partial charge on any atom is -0.369 e. The number of aromatic nitrogens is 1. The standard InChI is InChI=1S/C27H42N2O2/c1-2-3-4-5-6-7-8-9-10-11-12-13-14-15-20-25(30)26(27(28)31)23-21-29-24-19-17-16-18-22(23)24/h16-19,21,26,29H,2-15,20H2,1H3,(H2,28,31). The third kappa shape index (κ3) is 8.88. The number of nitrogens with two attached hydrogens (primary N) is 1. The quantitative estimate of drug-likeness (QED) is 0.196. The highest BCUT2D eigenvalue weighted by molar-refractivity contribution is 6.08. The van der Waals surface area contributed by atoms with Crippen molar-refractivity contribution in [3.63, 3.8) is 0 Å². The van der Waals surface area contributed by atoms with Crippen LogP contribution in [0, 0.1) is 0 Å². The average molecular weight is 427 g/mol. The Bertz CT molecular complexity index is 780. The number of aromatic amines is 1. The number of H-pyrrole nitrogens is 1. The van der Waals surface area contributed by atoms with E-state index in [9.17, 15) is 9.59 Å². The van der Waals surface area contributed by atoms with E-state index in [4.69, 9.17) is 5.73 Å². The summed E-state index contributed by atoms with van der Waals surface area (Å²) in [5.74, 6) is -1.46. The Hall–Kier alpha value is -2.10. The lowest BCUT2D eigenvalue weighted by molar-refractivity contribution is -0.128. The SMILES string of the molecule is CCCCCCCCCCCCCCCCC(=O)C(C(N)=O)c1c[nH]c2ccccc12. The molecule has 0 aliphatic carbocycles. The lowest BCUT2D eigenvalue weighted by Gasteiger charge is -2.12. The molecular formula is C27H42N2O2. The van der Waals surface area contributed by atoms with E-state index < -0.39 is 11.8 Å². The minimum atomic E-state index is -0.849. The highest BCUT2D eigenvalue weighted by atomic mass is 16.2. The summed E-state index contributed by atoms with van der Waals surface area (Å²) >= 11 is 0. The van der Waals surface area contributed by atoms with E-state index in [-0.39, 0.29) is 5.78 Å². The van der Waals surface area contributed by atoms with Crippen LogP contribution in [0.3, 0.4) is 0 Å². The van der Waals surface area contributed by atoms with Crippen molar-refractivity contribution in [3.05, 3.63) is 36.0 Å². The van der Waals surface area contributed by atoms with Crippen LogP contribution in [0.25, 0.3) is 10.9 Å². The number of para-hydroxylation sites is 1. The Morgan fingerprint density at radius 3 is 1.87 bits per heavy atom. The normalized spacial score (nSPS) is 12.3. The van der Waals surface area contributed by atoms with E-state index in [1.54, 1.807) is 6.20 Å². The van der Waals surface area contributed by atoms with E-state index in [0.29, 0.717) is 12.0 Å². The number of primary amides is 1. The molecule has 1 aromatic heterocycles. The van der Waals surface area contributed by atoms with Crippen molar-refractivity contribution in [2.24, 2.45) is 5.73 Å². The van der Waals surface area contributed by atoms with Crippen LogP contribution in [0.5, 0.6) is 0 Å². The molecule has 0 spiro atoms. The second-order valence-electron chi connectivity index (χ2n) is 8.94. The maximum atomic E-state index is 12.7. The van der Waals surface area contributed by atoms with Gasteiger partial charge in [0.05, 0.1) is 0 Å². The van der Waals surface area contributed by atoms with Crippen molar-refractivity contribution in [2.45, 2.75) is 109 Å². The zero-order chi connectivity index (χ0) is 22.3. The first kappa shape index (κ1) is 25.2. The predicted molar refractivity (Wildman–Crippen MR) is 130 cm³/mol. The molecule has 172 valence electrons. The van der Waals surface area contributed by atoms with Crippen LogP contribution in [0.2, 0.25) is 0 Å². The number of benzene rings is 1. The molecule has 0 fully saturated rings. The summed E-state index contributed by atoms with van der Waals surface area (Å²) < 4.78 is 0. The van der Waals surface area contributed by atoms with Crippen LogP contribution in [0.15, 0.2) is 30.5 Å². The van der Waals surface area contributed by atoms with Gasteiger partial charge in [0, 0.05) is 23.5 Å². The fourth-order valence-corrected chi connectivity index (χ4v) is 4.46. The highest BCUT2D eigenvalue weighted by Crippen LogP contribution is 2.27. The molecule has 0 radical (unpaired) electrons. The van der Waals surface area contributed by atoms with Crippen LogP contribution in [-0.4, -0.2) is 16.7 Å². The Kier molecular flexibility index (Phi) is 12.0. The second-order valence-corrected chi connectivity index (χ2v) is 8.94. The van der Waals surface area contributed by atoms with E-state index in [1.165, 1.54) is 77.0 Å². The van der Waals surface area contributed by atoms with Gasteiger partial charge in [0.25, 0.3) is 0 Å². The van der Waals surface area contributed by atoms with E-state index in [1.807, 2.05) is 24.3 Å². The molecule has 1 aromatic carbocycles. The number of amides is 1. The van der Waals surface area contributed by atoms with Gasteiger partial charge in [0.15, 0.2) is 0 Å². The van der Waals surface area contributed by atoms with E-state index in [2.05, 4.69) is 11.9 Å². The summed E-state index contributed by atoms with van der Waals surface area (Å²) in [4.78, 5) is 27.9. The summed E-state index contributed by atoms with van der Waals surface area (Å²) in [6, 6.07) is 7.71. The van der Waals surface area contributed by atoms with Crippen molar-refractivity contribution >= 4 is 22.6 Å². The molecule has 0 aliphatic heterocycles. The zero-order valence-corrected chi connectivity index (χ0v) is 19.5. The molecule has 31 heavy (non-hydrogen) atoms. The maximum absolute atomic E-state index is 12.7. The highest BCUT2D eigenvalue weighted by Gasteiger charge is 2.28. The second kappa shape index (κ2) is 14.8. The van der Waals surface area contributed by atoms with Crippen LogP contribution in [0.1, 0.15) is 115 Å². The largest absolute Gasteiger partial charge is 0.369 e. The van der Waals surface area contributed by atoms with Gasteiger partial charge in [0.1, 0.15) is 11.7 Å². The first-order valence-corrected chi connectivity index (χ1v) is 12.5. The molecule has 1 atom stereocenters. The van der Waals surface area contributed by atoms with Crippen molar-refractivity contribution in [3.8, 4) is 0 Å². The molecule has 0 aliphatic rings. The van der Waals surface area contributed by atoms with Gasteiger partial charge in [-0.1, -0.05) is 109 Å². The molecule has 3 N–H and O–H groups in total. The number of unbranched alkanes of at least 4 members (excludes halogenated alkanes) is 13. The summed E-state index contributed by atoms with van der Waals surface area (Å²) in [5.41, 5.74) is 7.23. The van der Waals surface area contributed by atoms with Crippen LogP contribution in [-0.2, 0) is 9.59 Å². The molecule has 2 rings (SSSR count). The van der Waals surface area contributed by atoms with Gasteiger partial charge >= 0.3 is 0 Å². The average Bonchev–Trinajstić information content (AvgIpc) is 3.17. The summed E-state index contributed by atoms with van der Waals surface area (Å²) in [6.45, 7) is 2.26. The third-order valence-electron chi connectivity index (χ3n) is 6.32. The lowest BCUT2D eigenvalue weighted by Crippen LogP contribution is -2.28. The van der Waals surface area contributed by atoms with Gasteiger partial charge in [-0.25, -0.2) is 0 Å². The molecule has 2 aromatic rings. The molecule has 1 heterocycles. The molecule has 0 saturated heterocycles. The number of carbonyl (C=O) groups excluding carboxylic acids is 2. The van der Waals surface area contributed by atoms with Crippen LogP contribution >= 0.6 is 0 Å². The van der Waals surface area contributed by atoms with Gasteiger partial charge in [-0.2, -0.15) is 0 Å². The van der Waals surface area contributed by atoms with Crippen molar-refractivity contribution < 1.29 is 9.59 Å². The van der Waals surface area contributed by atoms with E-state index in [0.717, 1.165) is 23.7 Å². The number of hydrogen-bond donors (Lipinski definition) is 2. The lowest BCUT2D eigenvalue weighted by atomic mass is 9.90.